The van der Waals surface area contributed by atoms with Crippen LogP contribution in [0.2, 0.25) is 0 Å². The van der Waals surface area contributed by atoms with Crippen molar-refractivity contribution in [2.45, 2.75) is 18.6 Å². The predicted molar refractivity (Wildman–Crippen MR) is 105 cm³/mol. The molecule has 2 aromatic carbocycles. The van der Waals surface area contributed by atoms with Crippen molar-refractivity contribution in [2.24, 2.45) is 0 Å². The number of halogens is 1. The summed E-state index contributed by atoms with van der Waals surface area (Å²) < 4.78 is 39.8. The standard InChI is InChI=1S/C20H23FNO6P/c1-26-20(24)18(12-14-6-10-17(21)11-7-14)22-19(23)16-8-4-15(5-9-16)13-29(25,27-2)28-3/h4-11,18H,12-13H2,1-3H3,(H,22,23)/t18-/m0/s1. The van der Waals surface area contributed by atoms with Gasteiger partial charge in [-0.05, 0) is 35.4 Å². The zero-order valence-electron chi connectivity index (χ0n) is 16.4. The highest BCUT2D eigenvalue weighted by molar-refractivity contribution is 7.52. The summed E-state index contributed by atoms with van der Waals surface area (Å²) in [5.74, 6) is -1.48. The van der Waals surface area contributed by atoms with Crippen LogP contribution in [0.1, 0.15) is 21.5 Å². The molecule has 0 aromatic heterocycles. The van der Waals surface area contributed by atoms with Crippen molar-refractivity contribution in [3.05, 3.63) is 71.0 Å². The van der Waals surface area contributed by atoms with Gasteiger partial charge in [0.05, 0.1) is 13.3 Å². The maximum Gasteiger partial charge on any atom is 0.334 e. The molecule has 2 aromatic rings. The van der Waals surface area contributed by atoms with Gasteiger partial charge in [0.25, 0.3) is 5.91 Å². The molecule has 0 aliphatic carbocycles. The van der Waals surface area contributed by atoms with E-state index in [4.69, 9.17) is 13.8 Å². The van der Waals surface area contributed by atoms with Gasteiger partial charge in [-0.15, -0.1) is 0 Å². The molecule has 0 fully saturated rings. The quantitative estimate of drug-likeness (QED) is 0.492. The van der Waals surface area contributed by atoms with Crippen molar-refractivity contribution in [3.8, 4) is 0 Å². The van der Waals surface area contributed by atoms with Crippen molar-refractivity contribution in [3.63, 3.8) is 0 Å². The maximum atomic E-state index is 13.1. The first-order chi connectivity index (χ1) is 13.8. The molecule has 2 rings (SSSR count). The Morgan fingerprint density at radius 2 is 1.52 bits per heavy atom. The number of carbonyl (C=O) groups excluding carboxylic acids is 2. The summed E-state index contributed by atoms with van der Waals surface area (Å²) >= 11 is 0. The van der Waals surface area contributed by atoms with Crippen LogP contribution in [0.3, 0.4) is 0 Å². The molecular weight excluding hydrogens is 400 g/mol. The lowest BCUT2D eigenvalue weighted by Gasteiger charge is -2.17. The minimum atomic E-state index is -3.21. The Hall–Kier alpha value is -2.54. The van der Waals surface area contributed by atoms with Gasteiger partial charge in [0.15, 0.2) is 0 Å². The second kappa shape index (κ2) is 10.3. The minimum Gasteiger partial charge on any atom is -0.467 e. The van der Waals surface area contributed by atoms with Crippen LogP contribution in [0.5, 0.6) is 0 Å². The van der Waals surface area contributed by atoms with Crippen LogP contribution in [0.4, 0.5) is 4.39 Å². The van der Waals surface area contributed by atoms with Gasteiger partial charge in [0, 0.05) is 26.2 Å². The first-order valence-electron chi connectivity index (χ1n) is 8.73. The van der Waals surface area contributed by atoms with E-state index in [1.54, 1.807) is 24.3 Å². The van der Waals surface area contributed by atoms with Gasteiger partial charge in [-0.25, -0.2) is 9.18 Å². The highest BCUT2D eigenvalue weighted by Crippen LogP contribution is 2.49. The fourth-order valence-electron chi connectivity index (χ4n) is 2.62. The molecule has 0 saturated carbocycles. The van der Waals surface area contributed by atoms with Crippen molar-refractivity contribution >= 4 is 19.5 Å². The van der Waals surface area contributed by atoms with Crippen molar-refractivity contribution in [1.29, 1.82) is 0 Å². The lowest BCUT2D eigenvalue weighted by molar-refractivity contribution is -0.142. The summed E-state index contributed by atoms with van der Waals surface area (Å²) in [5.41, 5.74) is 1.66. The Morgan fingerprint density at radius 3 is 2.03 bits per heavy atom. The molecule has 7 nitrogen and oxygen atoms in total. The minimum absolute atomic E-state index is 0.0667. The zero-order chi connectivity index (χ0) is 21.4. The van der Waals surface area contributed by atoms with E-state index in [9.17, 15) is 18.5 Å². The molecule has 0 bridgehead atoms. The van der Waals surface area contributed by atoms with E-state index < -0.39 is 25.5 Å². The average molecular weight is 423 g/mol. The third kappa shape index (κ3) is 6.49. The van der Waals surface area contributed by atoms with Gasteiger partial charge < -0.3 is 19.1 Å². The lowest BCUT2D eigenvalue weighted by atomic mass is 10.0. The fraction of sp³-hybridized carbons (Fsp3) is 0.300. The molecule has 0 aliphatic rings. The number of hydrogen-bond donors (Lipinski definition) is 1. The number of hydrogen-bond acceptors (Lipinski definition) is 6. The molecule has 29 heavy (non-hydrogen) atoms. The molecule has 0 saturated heterocycles. The number of amides is 1. The van der Waals surface area contributed by atoms with E-state index in [0.29, 0.717) is 16.7 Å². The molecule has 1 atom stereocenters. The Kier molecular flexibility index (Phi) is 8.08. The number of nitrogens with one attached hydrogen (secondary N) is 1. The number of ether oxygens (including phenoxy) is 1. The number of benzene rings is 2. The van der Waals surface area contributed by atoms with E-state index in [1.807, 2.05) is 0 Å². The van der Waals surface area contributed by atoms with Crippen LogP contribution in [-0.4, -0.2) is 39.2 Å². The molecule has 0 radical (unpaired) electrons. The molecule has 1 N–H and O–H groups in total. The zero-order valence-corrected chi connectivity index (χ0v) is 17.3. The second-order valence-electron chi connectivity index (χ2n) is 6.21. The van der Waals surface area contributed by atoms with Gasteiger partial charge >= 0.3 is 13.6 Å². The van der Waals surface area contributed by atoms with Crippen molar-refractivity contribution < 1.29 is 32.3 Å². The van der Waals surface area contributed by atoms with E-state index in [2.05, 4.69) is 5.32 Å². The Labute approximate surface area is 168 Å². The molecular formula is C20H23FNO6P. The van der Waals surface area contributed by atoms with Gasteiger partial charge in [-0.2, -0.15) is 0 Å². The van der Waals surface area contributed by atoms with Crippen LogP contribution in [-0.2, 0) is 35.7 Å². The smallest absolute Gasteiger partial charge is 0.334 e. The topological polar surface area (TPSA) is 90.9 Å². The molecule has 9 heteroatoms. The van der Waals surface area contributed by atoms with Crippen LogP contribution >= 0.6 is 7.60 Å². The second-order valence-corrected chi connectivity index (χ2v) is 8.48. The highest BCUT2D eigenvalue weighted by Gasteiger charge is 2.24. The number of rotatable bonds is 9. The average Bonchev–Trinajstić information content (AvgIpc) is 2.74. The Balaban J connectivity index is 2.09. The maximum absolute atomic E-state index is 13.1. The molecule has 1 amide bonds. The summed E-state index contributed by atoms with van der Waals surface area (Å²) in [4.78, 5) is 24.6. The van der Waals surface area contributed by atoms with Gasteiger partial charge in [-0.1, -0.05) is 24.3 Å². The molecule has 0 heterocycles. The normalized spacial score (nSPS) is 12.3. The van der Waals surface area contributed by atoms with Gasteiger partial charge in [-0.3, -0.25) is 9.36 Å². The number of carbonyl (C=O) groups is 2. The Bertz CT molecular complexity index is 877. The molecule has 0 spiro atoms. The first-order valence-corrected chi connectivity index (χ1v) is 10.5. The van der Waals surface area contributed by atoms with Gasteiger partial charge in [0.1, 0.15) is 11.9 Å². The number of esters is 1. The summed E-state index contributed by atoms with van der Waals surface area (Å²) in [6, 6.07) is 11.1. The monoisotopic (exact) mass is 423 g/mol. The summed E-state index contributed by atoms with van der Waals surface area (Å²) in [6.45, 7) is 0. The third-order valence-corrected chi connectivity index (χ3v) is 6.16. The van der Waals surface area contributed by atoms with Crippen LogP contribution in [0, 0.1) is 5.82 Å². The largest absolute Gasteiger partial charge is 0.467 e. The van der Waals surface area contributed by atoms with Crippen LogP contribution in [0.25, 0.3) is 0 Å². The summed E-state index contributed by atoms with van der Waals surface area (Å²) in [5, 5.41) is 2.63. The van der Waals surface area contributed by atoms with E-state index >= 15 is 0 Å². The molecule has 0 unspecified atom stereocenters. The van der Waals surface area contributed by atoms with E-state index in [-0.39, 0.29) is 18.4 Å². The fourth-order valence-corrected chi connectivity index (χ4v) is 3.69. The SMILES string of the molecule is COC(=O)[C@H](Cc1ccc(F)cc1)NC(=O)c1ccc(CP(=O)(OC)OC)cc1. The third-order valence-electron chi connectivity index (χ3n) is 4.29. The summed E-state index contributed by atoms with van der Waals surface area (Å²) in [6.07, 6.45) is 0.221. The van der Waals surface area contributed by atoms with E-state index in [0.717, 1.165) is 0 Å². The van der Waals surface area contributed by atoms with Crippen molar-refractivity contribution in [2.75, 3.05) is 21.3 Å². The van der Waals surface area contributed by atoms with E-state index in [1.165, 1.54) is 45.6 Å². The van der Waals surface area contributed by atoms with Gasteiger partial charge in [0.2, 0.25) is 0 Å². The van der Waals surface area contributed by atoms with Crippen molar-refractivity contribution in [1.82, 2.24) is 5.32 Å². The van der Waals surface area contributed by atoms with Crippen LogP contribution < -0.4 is 5.32 Å². The molecule has 0 aliphatic heterocycles. The number of methoxy groups -OCH3 is 1. The highest BCUT2D eigenvalue weighted by atomic mass is 31.2. The first kappa shape index (κ1) is 22.7. The summed E-state index contributed by atoms with van der Waals surface area (Å²) in [7, 11) is 0.626. The predicted octanol–water partition coefficient (Wildman–Crippen LogP) is 3.33. The molecule has 156 valence electrons. The Morgan fingerprint density at radius 1 is 0.966 bits per heavy atom. The van der Waals surface area contributed by atoms with Crippen LogP contribution in [0.15, 0.2) is 48.5 Å². The lowest BCUT2D eigenvalue weighted by Crippen LogP contribution is -2.43.